The van der Waals surface area contributed by atoms with Gasteiger partial charge in [0.05, 0.1) is 7.11 Å². The zero-order chi connectivity index (χ0) is 17.9. The van der Waals surface area contributed by atoms with Crippen LogP contribution in [-0.4, -0.2) is 18.5 Å². The van der Waals surface area contributed by atoms with E-state index in [1.807, 2.05) is 0 Å². The maximum atomic E-state index is 11.0. The second kappa shape index (κ2) is 19.1. The molecular weight excluding hydrogens is 320 g/mol. The first kappa shape index (κ1) is 23.8. The molecule has 0 spiro atoms. The van der Waals surface area contributed by atoms with Gasteiger partial charge >= 0.3 is 5.97 Å². The Morgan fingerprint density at radius 2 is 1.17 bits per heavy atom. The molecule has 0 aliphatic heterocycles. The molecule has 0 aromatic carbocycles. The van der Waals surface area contributed by atoms with Crippen molar-refractivity contribution >= 4 is 17.6 Å². The van der Waals surface area contributed by atoms with Crippen molar-refractivity contribution in [2.24, 2.45) is 0 Å². The molecule has 0 rings (SSSR count). The fourth-order valence-electron chi connectivity index (χ4n) is 3.09. The molecule has 1 unspecified atom stereocenters. The topological polar surface area (TPSA) is 26.3 Å². The molecule has 24 heavy (non-hydrogen) atoms. The molecule has 0 N–H and O–H groups in total. The molecule has 144 valence electrons. The first-order chi connectivity index (χ1) is 11.7. The highest BCUT2D eigenvalue weighted by molar-refractivity contribution is 6.20. The molecule has 3 heteroatoms. The molecule has 0 heterocycles. The summed E-state index contributed by atoms with van der Waals surface area (Å²) in [4.78, 5) is 11.0. The molecule has 0 saturated heterocycles. The van der Waals surface area contributed by atoms with E-state index in [1.54, 1.807) is 0 Å². The Morgan fingerprint density at radius 1 is 0.750 bits per heavy atom. The van der Waals surface area contributed by atoms with Gasteiger partial charge in [0.25, 0.3) is 0 Å². The van der Waals surface area contributed by atoms with Crippen LogP contribution in [0.1, 0.15) is 116 Å². The number of hydrogen-bond donors (Lipinski definition) is 0. The van der Waals surface area contributed by atoms with Crippen LogP contribution in [-0.2, 0) is 9.53 Å². The fraction of sp³-hybridized carbons (Fsp3) is 0.952. The molecular formula is C21H41ClO2. The Hall–Kier alpha value is -0.240. The van der Waals surface area contributed by atoms with E-state index in [0.717, 1.165) is 12.8 Å². The molecule has 0 saturated carbocycles. The number of carbonyl (C=O) groups is 1. The number of carbonyl (C=O) groups excluding carboxylic acids is 1. The summed E-state index contributed by atoms with van der Waals surface area (Å²) in [6, 6.07) is 0. The van der Waals surface area contributed by atoms with Crippen molar-refractivity contribution < 1.29 is 9.53 Å². The molecule has 2 nitrogen and oxygen atoms in total. The van der Waals surface area contributed by atoms with E-state index in [-0.39, 0.29) is 5.97 Å². The van der Waals surface area contributed by atoms with Crippen LogP contribution in [0.4, 0.5) is 0 Å². The van der Waals surface area contributed by atoms with Crippen LogP contribution in [0.3, 0.4) is 0 Å². The molecule has 0 fully saturated rings. The average Bonchev–Trinajstić information content (AvgIpc) is 2.59. The van der Waals surface area contributed by atoms with Crippen molar-refractivity contribution in [3.63, 3.8) is 0 Å². The Balaban J connectivity index is 3.17. The van der Waals surface area contributed by atoms with Gasteiger partial charge in [0.15, 0.2) is 0 Å². The summed E-state index contributed by atoms with van der Waals surface area (Å²) in [7, 11) is 1.46. The van der Waals surface area contributed by atoms with E-state index >= 15 is 0 Å². The lowest BCUT2D eigenvalue weighted by Crippen LogP contribution is -1.99. The number of rotatable bonds is 18. The Kier molecular flexibility index (Phi) is 18.9. The molecule has 1 atom stereocenters. The number of halogens is 1. The van der Waals surface area contributed by atoms with Crippen LogP contribution in [0.2, 0.25) is 0 Å². The monoisotopic (exact) mass is 360 g/mol. The highest BCUT2D eigenvalue weighted by Gasteiger charge is 2.04. The van der Waals surface area contributed by atoms with Crippen molar-refractivity contribution in [1.82, 2.24) is 0 Å². The van der Waals surface area contributed by atoms with E-state index in [9.17, 15) is 4.79 Å². The number of alkyl halides is 1. The highest BCUT2D eigenvalue weighted by atomic mass is 35.5. The molecule has 0 bridgehead atoms. The second-order valence-corrected chi connectivity index (χ2v) is 7.71. The van der Waals surface area contributed by atoms with Crippen LogP contribution >= 0.6 is 11.6 Å². The summed E-state index contributed by atoms with van der Waals surface area (Å²) >= 11 is 6.42. The van der Waals surface area contributed by atoms with Gasteiger partial charge in [-0.1, -0.05) is 90.4 Å². The Morgan fingerprint density at radius 3 is 1.62 bits per heavy atom. The molecule has 0 radical (unpaired) electrons. The van der Waals surface area contributed by atoms with Crippen molar-refractivity contribution in [3.05, 3.63) is 0 Å². The SMILES string of the molecule is CCCCCCCCCC(Cl)CCCCCCCCCC(=O)OC. The van der Waals surface area contributed by atoms with Crippen molar-refractivity contribution in [2.75, 3.05) is 7.11 Å². The van der Waals surface area contributed by atoms with Crippen LogP contribution in [0.5, 0.6) is 0 Å². The summed E-state index contributed by atoms with van der Waals surface area (Å²) in [6.45, 7) is 2.27. The fourth-order valence-corrected chi connectivity index (χ4v) is 3.40. The van der Waals surface area contributed by atoms with Gasteiger partial charge in [-0.05, 0) is 19.3 Å². The molecule has 0 aliphatic carbocycles. The predicted octanol–water partition coefficient (Wildman–Crippen LogP) is 7.42. The third-order valence-electron chi connectivity index (χ3n) is 4.75. The van der Waals surface area contributed by atoms with Gasteiger partial charge in [-0.15, -0.1) is 11.6 Å². The number of ether oxygens (including phenoxy) is 1. The quantitative estimate of drug-likeness (QED) is 0.144. The minimum Gasteiger partial charge on any atom is -0.469 e. The summed E-state index contributed by atoms with van der Waals surface area (Å²) < 4.78 is 4.64. The summed E-state index contributed by atoms with van der Waals surface area (Å²) in [5, 5.41) is 0.390. The van der Waals surface area contributed by atoms with E-state index < -0.39 is 0 Å². The minimum absolute atomic E-state index is 0.0795. The van der Waals surface area contributed by atoms with Gasteiger partial charge in [0, 0.05) is 11.8 Å². The van der Waals surface area contributed by atoms with E-state index in [0.29, 0.717) is 11.8 Å². The first-order valence-electron chi connectivity index (χ1n) is 10.4. The molecule has 0 aromatic heterocycles. The molecule has 0 aromatic rings. The van der Waals surface area contributed by atoms with E-state index in [4.69, 9.17) is 11.6 Å². The minimum atomic E-state index is -0.0795. The molecule has 0 amide bonds. The normalized spacial score (nSPS) is 12.3. The lowest BCUT2D eigenvalue weighted by molar-refractivity contribution is -0.140. The Bertz CT molecular complexity index is 269. The van der Waals surface area contributed by atoms with Crippen molar-refractivity contribution in [3.8, 4) is 0 Å². The van der Waals surface area contributed by atoms with Crippen LogP contribution in [0, 0.1) is 0 Å². The van der Waals surface area contributed by atoms with Crippen LogP contribution < -0.4 is 0 Å². The molecule has 0 aliphatic rings. The van der Waals surface area contributed by atoms with Crippen molar-refractivity contribution in [2.45, 2.75) is 121 Å². The van der Waals surface area contributed by atoms with Crippen molar-refractivity contribution in [1.29, 1.82) is 0 Å². The van der Waals surface area contributed by atoms with Crippen LogP contribution in [0.15, 0.2) is 0 Å². The van der Waals surface area contributed by atoms with Gasteiger partial charge < -0.3 is 4.74 Å². The third kappa shape index (κ3) is 18.1. The number of esters is 1. The number of hydrogen-bond acceptors (Lipinski definition) is 2. The lowest BCUT2D eigenvalue weighted by atomic mass is 10.0. The van der Waals surface area contributed by atoms with Gasteiger partial charge in [0.1, 0.15) is 0 Å². The predicted molar refractivity (Wildman–Crippen MR) is 106 cm³/mol. The van der Waals surface area contributed by atoms with E-state index in [1.165, 1.54) is 97.0 Å². The Labute approximate surface area is 156 Å². The average molecular weight is 361 g/mol. The zero-order valence-electron chi connectivity index (χ0n) is 16.3. The largest absolute Gasteiger partial charge is 0.469 e. The van der Waals surface area contributed by atoms with Gasteiger partial charge in [-0.2, -0.15) is 0 Å². The summed E-state index contributed by atoms with van der Waals surface area (Å²) in [6.07, 6.45) is 21.0. The number of methoxy groups -OCH3 is 1. The third-order valence-corrected chi connectivity index (χ3v) is 5.18. The summed E-state index contributed by atoms with van der Waals surface area (Å²) in [5.41, 5.74) is 0. The van der Waals surface area contributed by atoms with E-state index in [2.05, 4.69) is 11.7 Å². The smallest absolute Gasteiger partial charge is 0.305 e. The summed E-state index contributed by atoms with van der Waals surface area (Å²) in [5.74, 6) is -0.0795. The number of unbranched alkanes of at least 4 members (excludes halogenated alkanes) is 12. The van der Waals surface area contributed by atoms with Crippen LogP contribution in [0.25, 0.3) is 0 Å². The standard InChI is InChI=1S/C21H41ClO2/c1-3-4-5-6-8-11-14-17-20(22)18-15-12-9-7-10-13-16-19-21(23)24-2/h20H,3-19H2,1-2H3. The van der Waals surface area contributed by atoms with Gasteiger partial charge in [0.2, 0.25) is 0 Å². The first-order valence-corrected chi connectivity index (χ1v) is 10.8. The maximum absolute atomic E-state index is 11.0. The highest BCUT2D eigenvalue weighted by Crippen LogP contribution is 2.18. The van der Waals surface area contributed by atoms with Gasteiger partial charge in [-0.25, -0.2) is 0 Å². The maximum Gasteiger partial charge on any atom is 0.305 e. The second-order valence-electron chi connectivity index (χ2n) is 7.10. The van der Waals surface area contributed by atoms with Gasteiger partial charge in [-0.3, -0.25) is 4.79 Å². The lowest BCUT2D eigenvalue weighted by Gasteiger charge is -2.09. The zero-order valence-corrected chi connectivity index (χ0v) is 17.0.